The topological polar surface area (TPSA) is 49.8 Å². The van der Waals surface area contributed by atoms with Gasteiger partial charge < -0.3 is 15.0 Å². The lowest BCUT2D eigenvalue weighted by Gasteiger charge is -2.35. The van der Waals surface area contributed by atoms with Gasteiger partial charge >= 0.3 is 6.18 Å². The number of guanidine groups is 1. The van der Waals surface area contributed by atoms with Gasteiger partial charge in [0.1, 0.15) is 11.9 Å². The van der Waals surface area contributed by atoms with Gasteiger partial charge in [0.2, 0.25) is 0 Å². The number of halogens is 4. The van der Waals surface area contributed by atoms with Crippen LogP contribution >= 0.6 is 0 Å². The zero-order valence-corrected chi connectivity index (χ0v) is 15.2. The van der Waals surface area contributed by atoms with Gasteiger partial charge in [0, 0.05) is 19.8 Å². The van der Waals surface area contributed by atoms with Gasteiger partial charge in [0.05, 0.1) is 31.0 Å². The Kier molecular flexibility index (Phi) is 6.13. The number of ether oxygens (including phenoxy) is 1. The first-order chi connectivity index (χ1) is 13.4. The summed E-state index contributed by atoms with van der Waals surface area (Å²) < 4.78 is 58.3. The van der Waals surface area contributed by atoms with Gasteiger partial charge in [-0.1, -0.05) is 12.1 Å². The van der Waals surface area contributed by atoms with Crippen LogP contribution in [-0.2, 0) is 17.5 Å². The molecule has 1 aliphatic rings. The lowest BCUT2D eigenvalue weighted by molar-refractivity contribution is -0.137. The Hall–Kier alpha value is -2.68. The third kappa shape index (κ3) is 4.78. The number of alkyl halides is 3. The van der Waals surface area contributed by atoms with E-state index in [1.54, 1.807) is 13.1 Å². The molecule has 9 heteroatoms. The predicted molar refractivity (Wildman–Crippen MR) is 96.1 cm³/mol. The molecule has 0 aliphatic carbocycles. The Balaban J connectivity index is 1.69. The number of hydrogen-bond donors (Lipinski definition) is 1. The van der Waals surface area contributed by atoms with E-state index in [2.05, 4.69) is 15.3 Å². The molecule has 1 aromatic heterocycles. The average Bonchev–Trinajstić information content (AvgIpc) is 2.69. The highest BCUT2D eigenvalue weighted by molar-refractivity contribution is 5.80. The van der Waals surface area contributed by atoms with Gasteiger partial charge in [-0.3, -0.25) is 9.98 Å². The summed E-state index contributed by atoms with van der Waals surface area (Å²) in [5.74, 6) is 0.0830. The summed E-state index contributed by atoms with van der Waals surface area (Å²) in [5, 5.41) is 3.04. The number of benzene rings is 1. The summed E-state index contributed by atoms with van der Waals surface area (Å²) in [7, 11) is 1.59. The standard InChI is InChI=1S/C19H20F4N4O/c1-24-18(26-11-16-15(20)6-3-7-25-16)27-8-9-28-17(12-27)13-4-2-5-14(10-13)19(21,22)23/h2-7,10,17H,8-9,11-12H2,1H3,(H,24,26). The van der Waals surface area contributed by atoms with Crippen molar-refractivity contribution in [3.8, 4) is 0 Å². The predicted octanol–water partition coefficient (Wildman–Crippen LogP) is 3.39. The third-order valence-corrected chi connectivity index (χ3v) is 4.41. The molecule has 0 spiro atoms. The first-order valence-electron chi connectivity index (χ1n) is 8.72. The van der Waals surface area contributed by atoms with Crippen molar-refractivity contribution in [2.75, 3.05) is 26.7 Å². The number of nitrogens with zero attached hydrogens (tertiary/aromatic N) is 3. The van der Waals surface area contributed by atoms with E-state index in [4.69, 9.17) is 4.74 Å². The fourth-order valence-electron chi connectivity index (χ4n) is 3.00. The van der Waals surface area contributed by atoms with E-state index in [-0.39, 0.29) is 12.2 Å². The fourth-order valence-corrected chi connectivity index (χ4v) is 3.00. The second-order valence-electron chi connectivity index (χ2n) is 6.26. The van der Waals surface area contributed by atoms with Gasteiger partial charge in [-0.05, 0) is 29.8 Å². The van der Waals surface area contributed by atoms with Gasteiger partial charge in [0.25, 0.3) is 0 Å². The number of pyridine rings is 1. The van der Waals surface area contributed by atoms with Crippen molar-refractivity contribution in [1.82, 2.24) is 15.2 Å². The first-order valence-corrected chi connectivity index (χ1v) is 8.72. The van der Waals surface area contributed by atoms with Crippen molar-refractivity contribution in [1.29, 1.82) is 0 Å². The maximum Gasteiger partial charge on any atom is 0.416 e. The molecule has 5 nitrogen and oxygen atoms in total. The first kappa shape index (κ1) is 20.1. The van der Waals surface area contributed by atoms with Crippen LogP contribution in [0.2, 0.25) is 0 Å². The molecule has 2 aromatic rings. The number of aliphatic imine (C=N–C) groups is 1. The van der Waals surface area contributed by atoms with Crippen molar-refractivity contribution in [2.45, 2.75) is 18.8 Å². The van der Waals surface area contributed by atoms with Gasteiger partial charge in [-0.2, -0.15) is 13.2 Å². The van der Waals surface area contributed by atoms with Crippen LogP contribution in [0.3, 0.4) is 0 Å². The summed E-state index contributed by atoms with van der Waals surface area (Å²) in [4.78, 5) is 10.0. The van der Waals surface area contributed by atoms with E-state index in [1.807, 2.05) is 4.90 Å². The maximum absolute atomic E-state index is 13.7. The molecule has 1 atom stereocenters. The molecule has 150 valence electrons. The highest BCUT2D eigenvalue weighted by atomic mass is 19.4. The van der Waals surface area contributed by atoms with E-state index in [0.29, 0.717) is 31.2 Å². The van der Waals surface area contributed by atoms with Crippen LogP contribution in [0.4, 0.5) is 17.6 Å². The number of morpholine rings is 1. The molecule has 3 rings (SSSR count). The molecule has 1 saturated heterocycles. The Morgan fingerprint density at radius 3 is 2.86 bits per heavy atom. The van der Waals surface area contributed by atoms with Crippen LogP contribution < -0.4 is 5.32 Å². The van der Waals surface area contributed by atoms with Crippen molar-refractivity contribution in [3.63, 3.8) is 0 Å². The van der Waals surface area contributed by atoms with Gasteiger partial charge in [-0.15, -0.1) is 0 Å². The summed E-state index contributed by atoms with van der Waals surface area (Å²) >= 11 is 0. The van der Waals surface area contributed by atoms with Crippen molar-refractivity contribution < 1.29 is 22.3 Å². The summed E-state index contributed by atoms with van der Waals surface area (Å²) in [5.41, 5.74) is -0.00376. The molecule has 28 heavy (non-hydrogen) atoms. The minimum absolute atomic E-state index is 0.144. The highest BCUT2D eigenvalue weighted by Gasteiger charge is 2.32. The monoisotopic (exact) mass is 396 g/mol. The molecule has 1 aromatic carbocycles. The number of nitrogens with one attached hydrogen (secondary N) is 1. The lowest BCUT2D eigenvalue weighted by atomic mass is 10.0. The van der Waals surface area contributed by atoms with Crippen molar-refractivity contribution in [3.05, 3.63) is 65.2 Å². The molecule has 0 radical (unpaired) electrons. The summed E-state index contributed by atoms with van der Waals surface area (Å²) in [6.07, 6.45) is -3.43. The number of aromatic nitrogens is 1. The van der Waals surface area contributed by atoms with Crippen LogP contribution in [0.5, 0.6) is 0 Å². The average molecular weight is 396 g/mol. The molecule has 1 aliphatic heterocycles. The van der Waals surface area contributed by atoms with Crippen LogP contribution in [0.25, 0.3) is 0 Å². The van der Waals surface area contributed by atoms with Gasteiger partial charge in [-0.25, -0.2) is 4.39 Å². The van der Waals surface area contributed by atoms with E-state index in [9.17, 15) is 17.6 Å². The quantitative estimate of drug-likeness (QED) is 0.491. The summed E-state index contributed by atoms with van der Waals surface area (Å²) in [6, 6.07) is 7.96. The van der Waals surface area contributed by atoms with Crippen LogP contribution in [0, 0.1) is 5.82 Å². The Labute approximate surface area is 160 Å². The number of hydrogen-bond acceptors (Lipinski definition) is 3. The lowest BCUT2D eigenvalue weighted by Crippen LogP contribution is -2.48. The second kappa shape index (κ2) is 8.55. The highest BCUT2D eigenvalue weighted by Crippen LogP contribution is 2.32. The molecule has 0 amide bonds. The Morgan fingerprint density at radius 2 is 2.14 bits per heavy atom. The molecule has 2 heterocycles. The molecule has 0 bridgehead atoms. The molecular weight excluding hydrogens is 376 g/mol. The zero-order chi connectivity index (χ0) is 20.1. The van der Waals surface area contributed by atoms with E-state index < -0.39 is 23.7 Å². The van der Waals surface area contributed by atoms with E-state index in [0.717, 1.165) is 12.1 Å². The smallest absolute Gasteiger partial charge is 0.370 e. The normalized spacial score (nSPS) is 18.2. The zero-order valence-electron chi connectivity index (χ0n) is 15.2. The maximum atomic E-state index is 13.7. The van der Waals surface area contributed by atoms with Crippen LogP contribution in [-0.4, -0.2) is 42.6 Å². The molecule has 0 saturated carbocycles. The second-order valence-corrected chi connectivity index (χ2v) is 6.26. The van der Waals surface area contributed by atoms with Crippen molar-refractivity contribution in [2.24, 2.45) is 4.99 Å². The SMILES string of the molecule is CN=C(NCc1ncccc1F)N1CCOC(c2cccc(C(F)(F)F)c2)C1. The largest absolute Gasteiger partial charge is 0.416 e. The number of rotatable bonds is 3. The van der Waals surface area contributed by atoms with Crippen LogP contribution in [0.15, 0.2) is 47.6 Å². The summed E-state index contributed by atoms with van der Waals surface area (Å²) in [6.45, 7) is 1.32. The molecule has 1 unspecified atom stereocenters. The van der Waals surface area contributed by atoms with Gasteiger partial charge in [0.15, 0.2) is 5.96 Å². The minimum Gasteiger partial charge on any atom is -0.370 e. The molecule has 1 N–H and O–H groups in total. The third-order valence-electron chi connectivity index (χ3n) is 4.41. The molecule has 1 fully saturated rings. The Bertz CT molecular complexity index is 841. The van der Waals surface area contributed by atoms with Crippen LogP contribution in [0.1, 0.15) is 22.9 Å². The van der Waals surface area contributed by atoms with E-state index >= 15 is 0 Å². The molecular formula is C19H20F4N4O. The Morgan fingerprint density at radius 1 is 1.32 bits per heavy atom. The fraction of sp³-hybridized carbons (Fsp3) is 0.368. The van der Waals surface area contributed by atoms with Crippen molar-refractivity contribution >= 4 is 5.96 Å². The van der Waals surface area contributed by atoms with E-state index in [1.165, 1.54) is 24.4 Å². The minimum atomic E-state index is -4.41.